The number of anilines is 2. The Labute approximate surface area is 229 Å². The second-order valence-electron chi connectivity index (χ2n) is 9.59. The summed E-state index contributed by atoms with van der Waals surface area (Å²) in [4.78, 5) is 32.1. The second kappa shape index (κ2) is 11.4. The molecule has 3 N–H and O–H groups in total. The van der Waals surface area contributed by atoms with Crippen molar-refractivity contribution >= 4 is 23.3 Å². The predicted molar refractivity (Wildman–Crippen MR) is 147 cm³/mol. The van der Waals surface area contributed by atoms with E-state index in [1.165, 1.54) is 24.5 Å². The Balaban J connectivity index is 1.54. The highest BCUT2D eigenvalue weighted by atomic mass is 19.1. The normalized spacial score (nSPS) is 15.0. The highest BCUT2D eigenvalue weighted by molar-refractivity contribution is 6.03. The smallest absolute Gasteiger partial charge is 0.292 e. The second-order valence-corrected chi connectivity index (χ2v) is 9.59. The number of benzene rings is 2. The van der Waals surface area contributed by atoms with E-state index in [1.54, 1.807) is 36.4 Å². The van der Waals surface area contributed by atoms with Gasteiger partial charge in [-0.2, -0.15) is 5.26 Å². The Morgan fingerprint density at radius 3 is 2.70 bits per heavy atom. The molecule has 1 aliphatic rings. The zero-order chi connectivity index (χ0) is 28.2. The molecule has 3 heterocycles. The summed E-state index contributed by atoms with van der Waals surface area (Å²) in [5, 5.41) is 26.1. The molecule has 2 aromatic heterocycles. The van der Waals surface area contributed by atoms with E-state index in [4.69, 9.17) is 4.42 Å². The van der Waals surface area contributed by atoms with Crippen LogP contribution in [0.3, 0.4) is 0 Å². The molecule has 5 rings (SSSR count). The van der Waals surface area contributed by atoms with Gasteiger partial charge in [0.1, 0.15) is 23.2 Å². The molecule has 0 saturated carbocycles. The number of phenolic OH excluding ortho intramolecular Hbond substituents is 1. The first-order valence-corrected chi connectivity index (χ1v) is 12.7. The van der Waals surface area contributed by atoms with Gasteiger partial charge >= 0.3 is 0 Å². The number of aromatic hydroxyl groups is 1. The van der Waals surface area contributed by atoms with Gasteiger partial charge in [0.2, 0.25) is 5.91 Å². The van der Waals surface area contributed by atoms with Gasteiger partial charge < -0.3 is 25.1 Å². The van der Waals surface area contributed by atoms with Crippen molar-refractivity contribution in [3.05, 3.63) is 84.1 Å². The summed E-state index contributed by atoms with van der Waals surface area (Å²) < 4.78 is 18.9. The third kappa shape index (κ3) is 5.70. The number of furan rings is 1. The lowest BCUT2D eigenvalue weighted by atomic mass is 9.97. The molecule has 9 nitrogen and oxygen atoms in total. The van der Waals surface area contributed by atoms with Crippen LogP contribution in [0.5, 0.6) is 5.75 Å². The Morgan fingerprint density at radius 1 is 1.15 bits per heavy atom. The molecule has 0 spiro atoms. The third-order valence-electron chi connectivity index (χ3n) is 6.89. The number of nitriles is 1. The number of rotatable bonds is 7. The van der Waals surface area contributed by atoms with E-state index in [9.17, 15) is 24.3 Å². The molecule has 0 radical (unpaired) electrons. The lowest BCUT2D eigenvalue weighted by Gasteiger charge is -2.19. The van der Waals surface area contributed by atoms with Crippen molar-refractivity contribution in [2.24, 2.45) is 0 Å². The van der Waals surface area contributed by atoms with E-state index < -0.39 is 11.7 Å². The number of hydrogen-bond donors (Lipinski definition) is 3. The van der Waals surface area contributed by atoms with E-state index in [-0.39, 0.29) is 46.1 Å². The molecule has 0 aliphatic carbocycles. The lowest BCUT2D eigenvalue weighted by molar-refractivity contribution is -0.117. The Hall–Kier alpha value is -5.01. The van der Waals surface area contributed by atoms with E-state index in [0.29, 0.717) is 23.2 Å². The molecule has 1 fully saturated rings. The molecule has 0 unspecified atom stereocenters. The van der Waals surface area contributed by atoms with Crippen molar-refractivity contribution in [1.82, 2.24) is 9.88 Å². The maximum Gasteiger partial charge on any atom is 0.292 e. The number of phenols is 1. The highest BCUT2D eigenvalue weighted by Gasteiger charge is 2.24. The molecule has 2 amide bonds. The van der Waals surface area contributed by atoms with Crippen LogP contribution in [-0.4, -0.2) is 46.4 Å². The number of halogens is 1. The number of likely N-dealkylation sites (tertiary alicyclic amines) is 1. The van der Waals surface area contributed by atoms with E-state index in [0.717, 1.165) is 25.5 Å². The standard InChI is InChI=1S/C30H26FN5O4/c1-36-11-3-7-21(36)15-28(38)33-20-6-2-5-18(13-20)23-16-25(22-10-9-19(31)14-26(22)37)34-29(24(23)17-32)35-30(39)27-8-4-12-40-27/h2,4-6,8-10,12-14,16,21,37H,3,7,11,15H2,1H3,(H,33,38)(H,34,35,39)/t21-/m0/s1. The molecule has 4 aromatic rings. The van der Waals surface area contributed by atoms with E-state index >= 15 is 0 Å². The van der Waals surface area contributed by atoms with Crippen molar-refractivity contribution in [2.75, 3.05) is 24.2 Å². The maximum absolute atomic E-state index is 13.7. The van der Waals surface area contributed by atoms with Crippen LogP contribution in [0.15, 0.2) is 71.3 Å². The van der Waals surface area contributed by atoms with Crippen molar-refractivity contribution in [3.8, 4) is 34.2 Å². The Bertz CT molecular complexity index is 1610. The zero-order valence-corrected chi connectivity index (χ0v) is 21.6. The van der Waals surface area contributed by atoms with Crippen LogP contribution in [-0.2, 0) is 4.79 Å². The number of pyridine rings is 1. The van der Waals surface area contributed by atoms with Gasteiger partial charge in [-0.25, -0.2) is 9.37 Å². The number of aromatic nitrogens is 1. The van der Waals surface area contributed by atoms with Gasteiger partial charge in [0, 0.05) is 35.3 Å². The first kappa shape index (κ1) is 26.6. The van der Waals surface area contributed by atoms with Gasteiger partial charge in [0.15, 0.2) is 11.6 Å². The van der Waals surface area contributed by atoms with Gasteiger partial charge in [-0.05, 0) is 74.5 Å². The van der Waals surface area contributed by atoms with Crippen LogP contribution in [0.1, 0.15) is 35.4 Å². The minimum absolute atomic E-state index is 0.0138. The molecule has 202 valence electrons. The predicted octanol–water partition coefficient (Wildman–Crippen LogP) is 5.40. The zero-order valence-electron chi connectivity index (χ0n) is 21.6. The van der Waals surface area contributed by atoms with Crippen molar-refractivity contribution in [3.63, 3.8) is 0 Å². The van der Waals surface area contributed by atoms with Gasteiger partial charge in [-0.1, -0.05) is 12.1 Å². The Morgan fingerprint density at radius 2 is 2.00 bits per heavy atom. The SMILES string of the molecule is CN1CCC[C@H]1CC(=O)Nc1cccc(-c2cc(-c3ccc(F)cc3O)nc(NC(=O)c3ccco3)c2C#N)c1. The van der Waals surface area contributed by atoms with Gasteiger partial charge in [0.05, 0.1) is 12.0 Å². The van der Waals surface area contributed by atoms with Crippen molar-refractivity contribution < 1.29 is 23.5 Å². The fraction of sp³-hybridized carbons (Fsp3) is 0.200. The molecule has 1 saturated heterocycles. The first-order valence-electron chi connectivity index (χ1n) is 12.7. The van der Waals surface area contributed by atoms with Crippen molar-refractivity contribution in [1.29, 1.82) is 5.26 Å². The lowest BCUT2D eigenvalue weighted by Crippen LogP contribution is -2.29. The van der Waals surface area contributed by atoms with Gasteiger partial charge in [-0.15, -0.1) is 0 Å². The number of nitrogens with one attached hydrogen (secondary N) is 2. The fourth-order valence-electron chi connectivity index (χ4n) is 4.84. The van der Waals surface area contributed by atoms with E-state index in [1.807, 2.05) is 7.05 Å². The summed E-state index contributed by atoms with van der Waals surface area (Å²) in [5.41, 5.74) is 1.94. The number of amides is 2. The number of nitrogens with zero attached hydrogens (tertiary/aromatic N) is 3. The number of hydrogen-bond acceptors (Lipinski definition) is 7. The molecular formula is C30H26FN5O4. The third-order valence-corrected chi connectivity index (χ3v) is 6.89. The summed E-state index contributed by atoms with van der Waals surface area (Å²) >= 11 is 0. The first-order chi connectivity index (χ1) is 19.3. The molecular weight excluding hydrogens is 513 g/mol. The molecule has 40 heavy (non-hydrogen) atoms. The van der Waals surface area contributed by atoms with Crippen LogP contribution < -0.4 is 10.6 Å². The monoisotopic (exact) mass is 539 g/mol. The van der Waals surface area contributed by atoms with Crippen LogP contribution in [0.2, 0.25) is 0 Å². The Kier molecular flexibility index (Phi) is 7.57. The number of carbonyl (C=O) groups is 2. The van der Waals surface area contributed by atoms with Crippen LogP contribution in [0.25, 0.3) is 22.4 Å². The minimum atomic E-state index is -0.631. The highest BCUT2D eigenvalue weighted by Crippen LogP contribution is 2.36. The van der Waals surface area contributed by atoms with Gasteiger partial charge in [0.25, 0.3) is 5.91 Å². The summed E-state index contributed by atoms with van der Waals surface area (Å²) in [7, 11) is 2.01. The summed E-state index contributed by atoms with van der Waals surface area (Å²) in [5.74, 6) is -1.79. The topological polar surface area (TPSA) is 131 Å². The molecule has 0 bridgehead atoms. The van der Waals surface area contributed by atoms with Crippen LogP contribution >= 0.6 is 0 Å². The summed E-state index contributed by atoms with van der Waals surface area (Å²) in [6.07, 6.45) is 3.75. The summed E-state index contributed by atoms with van der Waals surface area (Å²) in [6, 6.07) is 17.3. The molecule has 10 heteroatoms. The molecule has 2 aromatic carbocycles. The quantitative estimate of drug-likeness (QED) is 0.287. The fourth-order valence-corrected chi connectivity index (χ4v) is 4.84. The number of carbonyl (C=O) groups excluding carboxylic acids is 2. The van der Waals surface area contributed by atoms with Crippen LogP contribution in [0.4, 0.5) is 15.9 Å². The largest absolute Gasteiger partial charge is 0.507 e. The van der Waals surface area contributed by atoms with Gasteiger partial charge in [-0.3, -0.25) is 9.59 Å². The maximum atomic E-state index is 13.7. The summed E-state index contributed by atoms with van der Waals surface area (Å²) in [6.45, 7) is 0.969. The molecule has 1 aliphatic heterocycles. The van der Waals surface area contributed by atoms with E-state index in [2.05, 4.69) is 26.6 Å². The minimum Gasteiger partial charge on any atom is -0.507 e. The van der Waals surface area contributed by atoms with Crippen molar-refractivity contribution in [2.45, 2.75) is 25.3 Å². The molecule has 1 atom stereocenters. The van der Waals surface area contributed by atoms with Crippen LogP contribution in [0, 0.1) is 17.1 Å². The average molecular weight is 540 g/mol. The average Bonchev–Trinajstić information content (AvgIpc) is 3.61.